The van der Waals surface area contributed by atoms with Gasteiger partial charge < -0.3 is 139 Å². The molecule has 5 heterocycles. The van der Waals surface area contributed by atoms with Crippen molar-refractivity contribution in [2.45, 2.75) is 259 Å². The molecule has 0 radical (unpaired) electrons. The quantitative estimate of drug-likeness (QED) is 0.0506. The van der Waals surface area contributed by atoms with Crippen molar-refractivity contribution in [3.63, 3.8) is 0 Å². The van der Waals surface area contributed by atoms with Crippen molar-refractivity contribution in [3.8, 4) is 0 Å². The van der Waals surface area contributed by atoms with Crippen molar-refractivity contribution in [1.29, 1.82) is 0 Å². The SMILES string of the molecule is CC1(C)CC[C@]2(C(=O)O[C@@H]3O[C@H](CO[C@@H]4O[C@H](CO)[C@@H](O)[C@H](O)[C@H]4O[C@@H]4O[C@H](CO)[C@@H](O)[C@H](O)[C@H]4O)[C@@H](O)[C@H](O[C@@H]4O[C@H](CO)[C@@H](O)[C@H](O)[C@H]4O)[C@H]3O)[C@H](O)C[C@]3(C)C(=CC[C@@H]4[C@@]5(C)CC[C@H](O[C@@H]6O[C@@H](CO)[C@H](O)[C@H]6O)[C@@](C)(C(=O)O)[C@@H]5CC[C@]43C)[C@@H]2C1. The molecule has 30 heteroatoms. The minimum atomic E-state index is -2.20. The average molecular weight is 1280 g/mol. The molecule has 0 bridgehead atoms. The largest absolute Gasteiger partial charge is 0.481 e. The molecule has 18 N–H and O–H groups in total. The maximum atomic E-state index is 15.7. The molecule has 10 aliphatic rings. The van der Waals surface area contributed by atoms with Crippen LogP contribution in [0, 0.1) is 50.2 Å². The van der Waals surface area contributed by atoms with E-state index < -0.39 is 249 Å². The first kappa shape index (κ1) is 69.5. The Labute approximate surface area is 513 Å². The lowest BCUT2D eigenvalue weighted by molar-refractivity contribution is -0.378. The monoisotopic (exact) mass is 1280 g/mol. The second kappa shape index (κ2) is 25.7. The second-order valence-corrected chi connectivity index (χ2v) is 28.5. The van der Waals surface area contributed by atoms with E-state index in [0.29, 0.717) is 38.5 Å². The molecule has 34 atom stereocenters. The molecule has 10 rings (SSSR count). The molecule has 0 aromatic carbocycles. The Bertz CT molecular complexity index is 2530. The third-order valence-corrected chi connectivity index (χ3v) is 23.3. The van der Waals surface area contributed by atoms with E-state index in [1.54, 1.807) is 6.92 Å². The number of ether oxygens (including phenoxy) is 10. The van der Waals surface area contributed by atoms with Gasteiger partial charge in [0.2, 0.25) is 6.29 Å². The minimum Gasteiger partial charge on any atom is -0.481 e. The summed E-state index contributed by atoms with van der Waals surface area (Å²) >= 11 is 0. The number of allylic oxidation sites excluding steroid dienone is 2. The van der Waals surface area contributed by atoms with E-state index in [4.69, 9.17) is 47.4 Å². The smallest absolute Gasteiger partial charge is 0.317 e. The molecule has 5 aliphatic heterocycles. The minimum absolute atomic E-state index is 0.0288. The van der Waals surface area contributed by atoms with Crippen LogP contribution in [0.3, 0.4) is 0 Å². The fraction of sp³-hybridized carbons (Fsp3) is 0.932. The van der Waals surface area contributed by atoms with Crippen LogP contribution >= 0.6 is 0 Å². The number of aliphatic carboxylic acids is 1. The third kappa shape index (κ3) is 11.4. The molecule has 9 fully saturated rings. The first-order chi connectivity index (χ1) is 41.7. The molecule has 0 aromatic rings. The van der Waals surface area contributed by atoms with E-state index in [-0.39, 0.29) is 25.2 Å². The summed E-state index contributed by atoms with van der Waals surface area (Å²) in [5.74, 6) is -3.48. The van der Waals surface area contributed by atoms with Gasteiger partial charge in [-0.15, -0.1) is 0 Å². The molecular formula is C59H94O30. The first-order valence-corrected chi connectivity index (χ1v) is 31.0. The van der Waals surface area contributed by atoms with E-state index >= 15 is 4.79 Å². The van der Waals surface area contributed by atoms with Crippen molar-refractivity contribution in [2.75, 3.05) is 33.0 Å². The van der Waals surface area contributed by atoms with E-state index in [0.717, 1.165) is 5.57 Å². The summed E-state index contributed by atoms with van der Waals surface area (Å²) in [6.45, 7) is 7.92. The first-order valence-electron chi connectivity index (χ1n) is 31.0. The van der Waals surface area contributed by atoms with Crippen molar-refractivity contribution in [3.05, 3.63) is 11.6 Å². The number of aliphatic hydroxyl groups excluding tert-OH is 17. The Morgan fingerprint density at radius 1 is 0.506 bits per heavy atom. The Balaban J connectivity index is 0.944. The molecular weight excluding hydrogens is 1190 g/mol. The van der Waals surface area contributed by atoms with E-state index in [1.165, 1.54) is 0 Å². The fourth-order valence-electron chi connectivity index (χ4n) is 17.7. The summed E-state index contributed by atoms with van der Waals surface area (Å²) in [7, 11) is 0. The van der Waals surface area contributed by atoms with Crippen LogP contribution in [0.2, 0.25) is 0 Å². The standard InChI is InChI=1S/C59H94O30/c1-54(2)13-14-59(23(15-54)22-7-8-29-55(3)11-10-32(86-47-41(73)36(68)27(20-63)81-47)58(6,52(77)78)30(55)9-12-56(29,4)57(22,5)16-31(59)64)53(79)89-50-44(76)45(87-48-42(74)38(70)33(65)24(17-60)82-48)37(69)28(85-50)21-80-51-46(40(72)35(67)26(19-62)84-51)88-49-43(75)39(71)34(66)25(18-61)83-49/h7,23-51,60-76H,8-21H2,1-6H3,(H,77,78)/t23-,24+,25+,26+,27-,28+,29+,30+,31+,32-,33+,34+,35+,36-,37+,38-,39-,40-,41+,42+,43+,44+,45-,46+,47-,48-,49-,50-,51+,55+,56+,57+,58-,59+/m0/s1. The van der Waals surface area contributed by atoms with Gasteiger partial charge in [0.1, 0.15) is 121 Å². The molecule has 5 aliphatic carbocycles. The van der Waals surface area contributed by atoms with E-state index in [2.05, 4.69) is 26.8 Å². The number of esters is 1. The number of carbonyl (C=O) groups is 2. The highest BCUT2D eigenvalue weighted by molar-refractivity contribution is 5.80. The third-order valence-electron chi connectivity index (χ3n) is 23.3. The van der Waals surface area contributed by atoms with E-state index in [1.807, 2.05) is 13.8 Å². The van der Waals surface area contributed by atoms with Gasteiger partial charge in [0.05, 0.1) is 50.7 Å². The number of fused-ring (bicyclic) bond motifs is 7. The lowest BCUT2D eigenvalue weighted by atomic mass is 9.33. The molecule has 0 spiro atoms. The van der Waals surface area contributed by atoms with Crippen molar-refractivity contribution < 1.29 is 149 Å². The van der Waals surface area contributed by atoms with Gasteiger partial charge in [-0.05, 0) is 104 Å². The Morgan fingerprint density at radius 2 is 1.00 bits per heavy atom. The van der Waals surface area contributed by atoms with Gasteiger partial charge in [-0.3, -0.25) is 9.59 Å². The fourth-order valence-corrected chi connectivity index (χ4v) is 17.7. The summed E-state index contributed by atoms with van der Waals surface area (Å²) in [4.78, 5) is 29.4. The Morgan fingerprint density at radius 3 is 1.55 bits per heavy atom. The summed E-state index contributed by atoms with van der Waals surface area (Å²) in [5, 5.41) is 196. The predicted octanol–water partition coefficient (Wildman–Crippen LogP) is -5.54. The van der Waals surface area contributed by atoms with Gasteiger partial charge in [-0.25, -0.2) is 0 Å². The van der Waals surface area contributed by atoms with Crippen LogP contribution in [-0.4, -0.2) is 297 Å². The zero-order valence-electron chi connectivity index (χ0n) is 50.7. The normalized spacial score (nSPS) is 54.0. The zero-order valence-corrected chi connectivity index (χ0v) is 50.7. The van der Waals surface area contributed by atoms with Gasteiger partial charge in [-0.2, -0.15) is 0 Å². The number of hydrogen-bond acceptors (Lipinski definition) is 29. The number of carboxylic acid groups (broad SMARTS) is 1. The van der Waals surface area contributed by atoms with Crippen LogP contribution in [0.1, 0.15) is 99.3 Å². The van der Waals surface area contributed by atoms with Crippen molar-refractivity contribution in [1.82, 2.24) is 0 Å². The Kier molecular flexibility index (Phi) is 20.0. The van der Waals surface area contributed by atoms with E-state index in [9.17, 15) is 96.7 Å². The molecule has 5 saturated heterocycles. The van der Waals surface area contributed by atoms with Crippen LogP contribution in [0.25, 0.3) is 0 Å². The highest BCUT2D eigenvalue weighted by atomic mass is 16.8. The van der Waals surface area contributed by atoms with Gasteiger partial charge in [0.25, 0.3) is 0 Å². The number of hydrogen-bond donors (Lipinski definition) is 18. The van der Waals surface area contributed by atoms with Gasteiger partial charge in [-0.1, -0.05) is 46.3 Å². The van der Waals surface area contributed by atoms with Crippen molar-refractivity contribution >= 4 is 11.9 Å². The molecule has 0 unspecified atom stereocenters. The maximum Gasteiger partial charge on any atom is 0.317 e. The molecule has 0 aromatic heterocycles. The maximum absolute atomic E-state index is 15.7. The molecule has 4 saturated carbocycles. The number of aliphatic hydroxyl groups is 17. The van der Waals surface area contributed by atoms with Crippen LogP contribution < -0.4 is 0 Å². The molecule has 30 nitrogen and oxygen atoms in total. The number of carboxylic acids is 1. The number of rotatable bonds is 16. The number of carbonyl (C=O) groups excluding carboxylic acids is 1. The topological polar surface area (TPSA) is 491 Å². The zero-order chi connectivity index (χ0) is 65.2. The average Bonchev–Trinajstić information content (AvgIpc) is 0.859. The van der Waals surface area contributed by atoms with Gasteiger partial charge in [0.15, 0.2) is 25.2 Å². The van der Waals surface area contributed by atoms with Crippen LogP contribution in [0.15, 0.2) is 11.6 Å². The highest BCUT2D eigenvalue weighted by Crippen LogP contribution is 2.76. The van der Waals surface area contributed by atoms with Gasteiger partial charge >= 0.3 is 11.9 Å². The molecule has 89 heavy (non-hydrogen) atoms. The second-order valence-electron chi connectivity index (χ2n) is 28.5. The summed E-state index contributed by atoms with van der Waals surface area (Å²) in [5.41, 5.74) is -4.84. The lowest BCUT2D eigenvalue weighted by Gasteiger charge is -2.71. The summed E-state index contributed by atoms with van der Waals surface area (Å²) in [6.07, 6.45) is -41.1. The van der Waals surface area contributed by atoms with Crippen molar-refractivity contribution in [2.24, 2.45) is 50.2 Å². The van der Waals surface area contributed by atoms with Crippen LogP contribution in [0.5, 0.6) is 0 Å². The van der Waals surface area contributed by atoms with Crippen LogP contribution in [-0.2, 0) is 57.0 Å². The summed E-state index contributed by atoms with van der Waals surface area (Å²) in [6, 6.07) is 0. The lowest BCUT2D eigenvalue weighted by Crippen LogP contribution is -2.69. The summed E-state index contributed by atoms with van der Waals surface area (Å²) < 4.78 is 59.1. The molecule has 510 valence electrons. The predicted molar refractivity (Wildman–Crippen MR) is 293 cm³/mol. The Hall–Kier alpha value is -2.36. The molecule has 0 amide bonds. The van der Waals surface area contributed by atoms with Gasteiger partial charge in [0, 0.05) is 0 Å². The van der Waals surface area contributed by atoms with Crippen LogP contribution in [0.4, 0.5) is 0 Å². The highest BCUT2D eigenvalue weighted by Gasteiger charge is 2.73.